The van der Waals surface area contributed by atoms with E-state index in [0.717, 1.165) is 33.2 Å². The van der Waals surface area contributed by atoms with E-state index >= 15 is 0 Å². The van der Waals surface area contributed by atoms with Crippen molar-refractivity contribution < 1.29 is 33.7 Å². The Morgan fingerprint density at radius 1 is 0.952 bits per heavy atom. The van der Waals surface area contributed by atoms with Gasteiger partial charge in [0.15, 0.2) is 11.6 Å². The summed E-state index contributed by atoms with van der Waals surface area (Å²) in [4.78, 5) is 22.5. The predicted octanol–water partition coefficient (Wildman–Crippen LogP) is 7.42. The van der Waals surface area contributed by atoms with Crippen molar-refractivity contribution >= 4 is 46.6 Å². The fraction of sp³-hybridized carbons (Fsp3) is 0.212. The summed E-state index contributed by atoms with van der Waals surface area (Å²) < 4.78 is 26.8. The summed E-state index contributed by atoms with van der Waals surface area (Å²) in [5.74, 6) is -1.60. The maximum absolute atomic E-state index is 13.9. The molecule has 2 N–H and O–H groups in total. The summed E-state index contributed by atoms with van der Waals surface area (Å²) in [6, 6.07) is 16.2. The van der Waals surface area contributed by atoms with E-state index in [0.29, 0.717) is 25.2 Å². The lowest BCUT2D eigenvalue weighted by molar-refractivity contribution is -0.138. The molecule has 4 rings (SSSR count). The number of para-hydroxylation sites is 1. The SMILES string of the molecule is Cc1ccc(F)c(OC/C=C/COc2ccc(/C=C/c3cccc4c(CCCC(=O)O)cn(CC(=O)O)c34)cc2)c1Cl. The molecular formula is C33H31ClFNO6. The molecular weight excluding hydrogens is 561 g/mol. The number of fused-ring (bicyclic) bond motifs is 1. The van der Waals surface area contributed by atoms with Gasteiger partial charge in [-0.25, -0.2) is 4.39 Å². The Bertz CT molecular complexity index is 1620. The Morgan fingerprint density at radius 2 is 1.69 bits per heavy atom. The van der Waals surface area contributed by atoms with Gasteiger partial charge in [0.05, 0.1) is 10.5 Å². The largest absolute Gasteiger partial charge is 0.490 e. The maximum Gasteiger partial charge on any atom is 0.323 e. The minimum Gasteiger partial charge on any atom is -0.490 e. The molecule has 0 saturated heterocycles. The van der Waals surface area contributed by atoms with E-state index in [-0.39, 0.29) is 30.3 Å². The molecule has 218 valence electrons. The van der Waals surface area contributed by atoms with Crippen molar-refractivity contribution in [3.8, 4) is 11.5 Å². The molecule has 0 amide bonds. The first kappa shape index (κ1) is 30.4. The van der Waals surface area contributed by atoms with Gasteiger partial charge >= 0.3 is 11.9 Å². The molecule has 7 nitrogen and oxygen atoms in total. The van der Waals surface area contributed by atoms with Gasteiger partial charge in [-0.2, -0.15) is 0 Å². The molecule has 0 saturated carbocycles. The summed E-state index contributed by atoms with van der Waals surface area (Å²) in [6.45, 7) is 2.05. The quantitative estimate of drug-likeness (QED) is 0.117. The van der Waals surface area contributed by atoms with E-state index < -0.39 is 17.8 Å². The van der Waals surface area contributed by atoms with Gasteiger partial charge in [-0.15, -0.1) is 0 Å². The highest BCUT2D eigenvalue weighted by Gasteiger charge is 2.14. The van der Waals surface area contributed by atoms with E-state index in [1.165, 1.54) is 6.07 Å². The Hall–Kier alpha value is -4.56. The van der Waals surface area contributed by atoms with Gasteiger partial charge in [0.1, 0.15) is 25.5 Å². The lowest BCUT2D eigenvalue weighted by atomic mass is 10.0. The number of ether oxygens (including phenoxy) is 2. The molecule has 9 heteroatoms. The molecule has 1 aromatic heterocycles. The Kier molecular flexibility index (Phi) is 10.4. The van der Waals surface area contributed by atoms with Crippen LogP contribution in [0, 0.1) is 12.7 Å². The minimum atomic E-state index is -0.953. The van der Waals surface area contributed by atoms with Crippen LogP contribution in [0.4, 0.5) is 4.39 Å². The molecule has 4 aromatic rings. The topological polar surface area (TPSA) is 98.0 Å². The molecule has 0 fully saturated rings. The van der Waals surface area contributed by atoms with Crippen LogP contribution in [0.25, 0.3) is 23.1 Å². The maximum atomic E-state index is 13.9. The van der Waals surface area contributed by atoms with Crippen LogP contribution in [0.2, 0.25) is 5.02 Å². The molecule has 3 aromatic carbocycles. The minimum absolute atomic E-state index is 0.0355. The van der Waals surface area contributed by atoms with E-state index in [1.54, 1.807) is 35.9 Å². The number of carboxylic acid groups (broad SMARTS) is 2. The molecule has 0 atom stereocenters. The monoisotopic (exact) mass is 591 g/mol. The standard InChI is InChI=1S/C33H31ClFNO6/c1-22-10-17-28(35)33(31(22)34)42-19-3-2-18-41-26-15-12-23(13-16-26)11-14-24-6-4-8-27-25(7-5-9-29(37)38)20-36(32(24)27)21-30(39)40/h2-4,6,8,10-17,20H,5,7,9,18-19,21H2,1H3,(H,37,38)(H,39,40)/b3-2+,14-11+. The van der Waals surface area contributed by atoms with Crippen LogP contribution < -0.4 is 9.47 Å². The van der Waals surface area contributed by atoms with Gasteiger partial charge in [-0.3, -0.25) is 9.59 Å². The third kappa shape index (κ3) is 8.01. The van der Waals surface area contributed by atoms with Crippen molar-refractivity contribution in [1.82, 2.24) is 4.57 Å². The van der Waals surface area contributed by atoms with E-state index in [1.807, 2.05) is 54.6 Å². The first-order valence-electron chi connectivity index (χ1n) is 13.4. The highest BCUT2D eigenvalue weighted by molar-refractivity contribution is 6.32. The van der Waals surface area contributed by atoms with Crippen LogP contribution in [0.1, 0.15) is 35.1 Å². The third-order valence-electron chi connectivity index (χ3n) is 6.57. The zero-order valence-corrected chi connectivity index (χ0v) is 23.8. The summed E-state index contributed by atoms with van der Waals surface area (Å²) in [5.41, 5.74) is 4.25. The second kappa shape index (κ2) is 14.4. The first-order valence-corrected chi connectivity index (χ1v) is 13.8. The number of benzene rings is 3. The second-order valence-corrected chi connectivity index (χ2v) is 10.0. The van der Waals surface area contributed by atoms with Crippen LogP contribution in [0.3, 0.4) is 0 Å². The van der Waals surface area contributed by atoms with Gasteiger partial charge < -0.3 is 24.3 Å². The number of halogens is 2. The first-order chi connectivity index (χ1) is 20.2. The smallest absolute Gasteiger partial charge is 0.323 e. The van der Waals surface area contributed by atoms with Crippen molar-refractivity contribution in [1.29, 1.82) is 0 Å². The van der Waals surface area contributed by atoms with Crippen molar-refractivity contribution in [3.63, 3.8) is 0 Å². The Labute approximate surface area is 248 Å². The molecule has 0 bridgehead atoms. The average molecular weight is 592 g/mol. The highest BCUT2D eigenvalue weighted by atomic mass is 35.5. The highest BCUT2D eigenvalue weighted by Crippen LogP contribution is 2.31. The fourth-order valence-electron chi connectivity index (χ4n) is 4.53. The van der Waals surface area contributed by atoms with E-state index in [9.17, 15) is 19.1 Å². The third-order valence-corrected chi connectivity index (χ3v) is 7.04. The second-order valence-electron chi connectivity index (χ2n) is 9.67. The Morgan fingerprint density at radius 3 is 2.40 bits per heavy atom. The number of carboxylic acids is 2. The van der Waals surface area contributed by atoms with Crippen molar-refractivity contribution in [3.05, 3.63) is 106 Å². The van der Waals surface area contributed by atoms with Crippen molar-refractivity contribution in [2.24, 2.45) is 0 Å². The number of aliphatic carboxylic acids is 2. The van der Waals surface area contributed by atoms with Gasteiger partial charge in [0.2, 0.25) is 0 Å². The zero-order chi connectivity index (χ0) is 30.1. The number of aromatic nitrogens is 1. The molecule has 42 heavy (non-hydrogen) atoms. The molecule has 0 aliphatic heterocycles. The van der Waals surface area contributed by atoms with E-state index in [4.69, 9.17) is 26.2 Å². The number of carbonyl (C=O) groups is 2. The van der Waals surface area contributed by atoms with E-state index in [2.05, 4.69) is 0 Å². The number of rotatable bonds is 14. The lowest BCUT2D eigenvalue weighted by Gasteiger charge is -2.09. The Balaban J connectivity index is 1.37. The van der Waals surface area contributed by atoms with Crippen LogP contribution in [0.15, 0.2) is 72.9 Å². The van der Waals surface area contributed by atoms with Gasteiger partial charge in [-0.05, 0) is 72.4 Å². The number of aryl methyl sites for hydroxylation is 2. The fourth-order valence-corrected chi connectivity index (χ4v) is 4.74. The average Bonchev–Trinajstić information content (AvgIpc) is 3.30. The summed E-state index contributed by atoms with van der Waals surface area (Å²) >= 11 is 6.11. The molecule has 1 heterocycles. The zero-order valence-electron chi connectivity index (χ0n) is 23.1. The summed E-state index contributed by atoms with van der Waals surface area (Å²) in [7, 11) is 0. The van der Waals surface area contributed by atoms with Crippen molar-refractivity contribution in [2.45, 2.75) is 32.7 Å². The van der Waals surface area contributed by atoms with Crippen LogP contribution >= 0.6 is 11.6 Å². The summed E-state index contributed by atoms with van der Waals surface area (Å²) in [5, 5.41) is 19.6. The summed E-state index contributed by atoms with van der Waals surface area (Å²) in [6.07, 6.45) is 10.3. The molecule has 0 spiro atoms. The van der Waals surface area contributed by atoms with Gasteiger partial charge in [-0.1, -0.05) is 60.2 Å². The molecule has 0 aliphatic carbocycles. The van der Waals surface area contributed by atoms with Crippen LogP contribution in [-0.2, 0) is 22.6 Å². The lowest BCUT2D eigenvalue weighted by Crippen LogP contribution is -2.07. The van der Waals surface area contributed by atoms with Gasteiger partial charge in [0.25, 0.3) is 0 Å². The van der Waals surface area contributed by atoms with Crippen molar-refractivity contribution in [2.75, 3.05) is 13.2 Å². The number of hydrogen-bond donors (Lipinski definition) is 2. The predicted molar refractivity (Wildman–Crippen MR) is 162 cm³/mol. The number of nitrogens with zero attached hydrogens (tertiary/aromatic N) is 1. The molecule has 0 aliphatic rings. The normalized spacial score (nSPS) is 11.5. The molecule has 0 unspecified atom stereocenters. The van der Waals surface area contributed by atoms with Gasteiger partial charge in [0, 0.05) is 18.0 Å². The van der Waals surface area contributed by atoms with Crippen LogP contribution in [0.5, 0.6) is 11.5 Å². The van der Waals surface area contributed by atoms with Crippen LogP contribution in [-0.4, -0.2) is 39.9 Å². The number of hydrogen-bond acceptors (Lipinski definition) is 4. The molecule has 0 radical (unpaired) electrons.